The fourth-order valence-electron chi connectivity index (χ4n) is 2.26. The Morgan fingerprint density at radius 1 is 1.42 bits per heavy atom. The molecular formula is C16H19ClN2O5S2. The van der Waals surface area contributed by atoms with Crippen molar-refractivity contribution in [1.82, 2.24) is 5.43 Å². The van der Waals surface area contributed by atoms with Crippen LogP contribution in [0.4, 0.5) is 0 Å². The fourth-order valence-corrected chi connectivity index (χ4v) is 5.36. The van der Waals surface area contributed by atoms with Crippen molar-refractivity contribution in [2.24, 2.45) is 5.10 Å². The zero-order chi connectivity index (χ0) is 19.2. The Hall–Kier alpha value is -1.58. The number of thioether (sulfide) groups is 2. The third-order valence-electron chi connectivity index (χ3n) is 3.37. The van der Waals surface area contributed by atoms with Gasteiger partial charge in [-0.1, -0.05) is 11.6 Å². The number of methoxy groups -OCH3 is 1. The highest BCUT2D eigenvalue weighted by atomic mass is 35.5. The van der Waals surface area contributed by atoms with Crippen LogP contribution in [0.5, 0.6) is 11.5 Å². The minimum Gasteiger partial charge on any atom is -0.493 e. The van der Waals surface area contributed by atoms with Crippen LogP contribution in [0.1, 0.15) is 18.9 Å². The molecule has 0 atom stereocenters. The number of aliphatic carboxylic acids is 1. The highest BCUT2D eigenvalue weighted by molar-refractivity contribution is 8.21. The quantitative estimate of drug-likeness (QED) is 0.494. The van der Waals surface area contributed by atoms with Crippen molar-refractivity contribution in [2.45, 2.75) is 17.4 Å². The van der Waals surface area contributed by atoms with E-state index in [1.165, 1.54) is 13.3 Å². The number of carboxylic acids is 1. The summed E-state index contributed by atoms with van der Waals surface area (Å²) in [5.41, 5.74) is 3.08. The zero-order valence-corrected chi connectivity index (χ0v) is 16.7. The molecule has 7 nitrogen and oxygen atoms in total. The van der Waals surface area contributed by atoms with Crippen LogP contribution in [-0.2, 0) is 9.59 Å². The zero-order valence-electron chi connectivity index (χ0n) is 14.3. The number of nitrogens with zero attached hydrogens (tertiary/aromatic N) is 1. The fraction of sp³-hybridized carbons (Fsp3) is 0.438. The average Bonchev–Trinajstić information content (AvgIpc) is 2.99. The van der Waals surface area contributed by atoms with Gasteiger partial charge in [-0.25, -0.2) is 10.2 Å². The van der Waals surface area contributed by atoms with Crippen LogP contribution in [0, 0.1) is 0 Å². The number of ether oxygens (including phenoxy) is 2. The lowest BCUT2D eigenvalue weighted by Gasteiger charge is -2.19. The summed E-state index contributed by atoms with van der Waals surface area (Å²) in [4.78, 5) is 22.6. The van der Waals surface area contributed by atoms with Crippen molar-refractivity contribution < 1.29 is 24.2 Å². The van der Waals surface area contributed by atoms with Crippen LogP contribution in [0.15, 0.2) is 17.2 Å². The number of benzene rings is 1. The number of hydrogen-bond donors (Lipinski definition) is 2. The molecule has 0 saturated carbocycles. The summed E-state index contributed by atoms with van der Waals surface area (Å²) < 4.78 is 10.2. The van der Waals surface area contributed by atoms with E-state index in [0.717, 1.165) is 11.5 Å². The highest BCUT2D eigenvalue weighted by Gasteiger charge is 2.32. The number of carboxylic acid groups (broad SMARTS) is 1. The predicted octanol–water partition coefficient (Wildman–Crippen LogP) is 2.85. The van der Waals surface area contributed by atoms with E-state index in [2.05, 4.69) is 17.5 Å². The number of halogens is 1. The van der Waals surface area contributed by atoms with E-state index in [4.69, 9.17) is 26.2 Å². The molecule has 1 aromatic carbocycles. The van der Waals surface area contributed by atoms with Gasteiger partial charge in [-0.2, -0.15) is 5.10 Å². The van der Waals surface area contributed by atoms with Crippen molar-refractivity contribution >= 4 is 53.2 Å². The van der Waals surface area contributed by atoms with E-state index >= 15 is 0 Å². The maximum Gasteiger partial charge on any atom is 0.341 e. The second-order valence-electron chi connectivity index (χ2n) is 5.52. The molecule has 2 rings (SSSR count). The van der Waals surface area contributed by atoms with Gasteiger partial charge in [-0.3, -0.25) is 4.79 Å². The molecule has 1 saturated heterocycles. The minimum absolute atomic E-state index is 0.102. The molecule has 0 aromatic heterocycles. The first-order chi connectivity index (χ1) is 12.3. The molecule has 0 spiro atoms. The number of rotatable bonds is 8. The Morgan fingerprint density at radius 3 is 2.73 bits per heavy atom. The molecule has 10 heteroatoms. The first-order valence-electron chi connectivity index (χ1n) is 7.65. The van der Waals surface area contributed by atoms with E-state index in [-0.39, 0.29) is 26.5 Å². The summed E-state index contributed by atoms with van der Waals surface area (Å²) in [7, 11) is 1.42. The van der Waals surface area contributed by atoms with Crippen molar-refractivity contribution in [2.75, 3.05) is 25.2 Å². The lowest BCUT2D eigenvalue weighted by Crippen LogP contribution is -2.26. The van der Waals surface area contributed by atoms with E-state index in [0.29, 0.717) is 12.0 Å². The monoisotopic (exact) mass is 418 g/mol. The number of hydrogen-bond acceptors (Lipinski definition) is 7. The molecule has 0 bridgehead atoms. The normalized spacial score (nSPS) is 15.8. The molecule has 0 aliphatic carbocycles. The van der Waals surface area contributed by atoms with Crippen LogP contribution in [-0.4, -0.2) is 52.5 Å². The Morgan fingerprint density at radius 2 is 2.12 bits per heavy atom. The van der Waals surface area contributed by atoms with Crippen molar-refractivity contribution in [1.29, 1.82) is 0 Å². The molecule has 1 aliphatic rings. The van der Waals surface area contributed by atoms with Gasteiger partial charge < -0.3 is 14.6 Å². The van der Waals surface area contributed by atoms with Crippen LogP contribution in [0.2, 0.25) is 5.02 Å². The first-order valence-corrected chi connectivity index (χ1v) is 10.00. The van der Waals surface area contributed by atoms with Gasteiger partial charge in [0.25, 0.3) is 0 Å². The Bertz CT molecular complexity index is 708. The smallest absolute Gasteiger partial charge is 0.341 e. The topological polar surface area (TPSA) is 97.2 Å². The van der Waals surface area contributed by atoms with Gasteiger partial charge in [-0.15, -0.1) is 23.5 Å². The Labute approximate surface area is 164 Å². The summed E-state index contributed by atoms with van der Waals surface area (Å²) in [6.07, 6.45) is 1.82. The SMILES string of the molecule is COc1cc(/C=N/NC(=O)CC2(C)SCCS2)cc(Cl)c1OCC(=O)O. The summed E-state index contributed by atoms with van der Waals surface area (Å²) in [6, 6.07) is 3.13. The van der Waals surface area contributed by atoms with Crippen LogP contribution >= 0.6 is 35.1 Å². The molecule has 1 fully saturated rings. The average molecular weight is 419 g/mol. The number of hydrazone groups is 1. The van der Waals surface area contributed by atoms with E-state index < -0.39 is 12.6 Å². The molecule has 26 heavy (non-hydrogen) atoms. The van der Waals surface area contributed by atoms with Gasteiger partial charge in [0, 0.05) is 11.5 Å². The van der Waals surface area contributed by atoms with E-state index in [9.17, 15) is 9.59 Å². The number of carbonyl (C=O) groups is 2. The van der Waals surface area contributed by atoms with Gasteiger partial charge in [0.05, 0.1) is 28.8 Å². The lowest BCUT2D eigenvalue weighted by molar-refractivity contribution is -0.139. The maximum absolute atomic E-state index is 12.0. The highest BCUT2D eigenvalue weighted by Crippen LogP contribution is 2.45. The van der Waals surface area contributed by atoms with Crippen LogP contribution in [0.25, 0.3) is 0 Å². The largest absolute Gasteiger partial charge is 0.493 e. The standard InChI is InChI=1S/C16H19ClN2O5S2/c1-16(25-3-4-26-16)7-13(20)19-18-8-10-5-11(17)15(12(6-10)23-2)24-9-14(21)22/h5-6,8H,3-4,7,9H2,1-2H3,(H,19,20)(H,21,22)/b18-8+. The van der Waals surface area contributed by atoms with E-state index in [1.807, 2.05) is 0 Å². The third kappa shape index (κ3) is 6.00. The third-order valence-corrected chi connectivity index (χ3v) is 6.95. The molecule has 1 aliphatic heterocycles. The van der Waals surface area contributed by atoms with Gasteiger partial charge in [0.1, 0.15) is 0 Å². The number of nitrogens with one attached hydrogen (secondary N) is 1. The molecule has 0 unspecified atom stereocenters. The van der Waals surface area contributed by atoms with Crippen LogP contribution in [0.3, 0.4) is 0 Å². The maximum atomic E-state index is 12.0. The second kappa shape index (κ2) is 9.38. The second-order valence-corrected chi connectivity index (χ2v) is 9.38. The van der Waals surface area contributed by atoms with Gasteiger partial charge in [0.15, 0.2) is 18.1 Å². The molecular weight excluding hydrogens is 400 g/mol. The Kier molecular flexibility index (Phi) is 7.48. The molecule has 2 N–H and O–H groups in total. The van der Waals surface area contributed by atoms with Crippen molar-refractivity contribution in [3.8, 4) is 11.5 Å². The molecule has 0 radical (unpaired) electrons. The summed E-state index contributed by atoms with van der Waals surface area (Å²) >= 11 is 9.67. The van der Waals surface area contributed by atoms with Crippen LogP contribution < -0.4 is 14.9 Å². The summed E-state index contributed by atoms with van der Waals surface area (Å²) in [5.74, 6) is 1.23. The van der Waals surface area contributed by atoms with Crippen molar-refractivity contribution in [3.05, 3.63) is 22.7 Å². The van der Waals surface area contributed by atoms with Gasteiger partial charge in [-0.05, 0) is 24.6 Å². The Balaban J connectivity index is 1.99. The molecule has 1 heterocycles. The lowest BCUT2D eigenvalue weighted by atomic mass is 10.2. The minimum atomic E-state index is -1.12. The summed E-state index contributed by atoms with van der Waals surface area (Å²) in [6.45, 7) is 1.52. The predicted molar refractivity (Wildman–Crippen MR) is 105 cm³/mol. The first kappa shape index (κ1) is 20.7. The number of carbonyl (C=O) groups excluding carboxylic acids is 1. The van der Waals surface area contributed by atoms with E-state index in [1.54, 1.807) is 35.7 Å². The molecule has 142 valence electrons. The van der Waals surface area contributed by atoms with Gasteiger partial charge >= 0.3 is 5.97 Å². The van der Waals surface area contributed by atoms with Crippen molar-refractivity contribution in [3.63, 3.8) is 0 Å². The summed E-state index contributed by atoms with van der Waals surface area (Å²) in [5, 5.41) is 12.8. The number of amides is 1. The van der Waals surface area contributed by atoms with Gasteiger partial charge in [0.2, 0.25) is 5.91 Å². The molecule has 1 amide bonds. The molecule has 1 aromatic rings.